The summed E-state index contributed by atoms with van der Waals surface area (Å²) >= 11 is 0. The number of rotatable bonds is 8. The number of carbonyl (C=O) groups is 1. The first-order valence-electron chi connectivity index (χ1n) is 7.65. The smallest absolute Gasteiger partial charge is 0.387 e. The van der Waals surface area contributed by atoms with Gasteiger partial charge in [0.2, 0.25) is 6.10 Å². The van der Waals surface area contributed by atoms with Gasteiger partial charge in [-0.1, -0.05) is 23.4 Å². The number of carbonyl (C=O) groups excluding carboxylic acids is 1. The van der Waals surface area contributed by atoms with Gasteiger partial charge in [0.15, 0.2) is 0 Å². The number of ether oxygens (including phenoxy) is 1. The summed E-state index contributed by atoms with van der Waals surface area (Å²) in [6.07, 6.45) is 0.0955. The first-order valence-corrected chi connectivity index (χ1v) is 7.65. The van der Waals surface area contributed by atoms with Gasteiger partial charge in [-0.25, -0.2) is 0 Å². The molecule has 0 aromatic heterocycles. The van der Waals surface area contributed by atoms with Gasteiger partial charge in [0.05, 0.1) is 11.1 Å². The average molecular weight is 379 g/mol. The number of hydrogen-bond acceptors (Lipinski definition) is 6. The highest BCUT2D eigenvalue weighted by Crippen LogP contribution is 2.19. The Balaban J connectivity index is 1.96. The van der Waals surface area contributed by atoms with Crippen LogP contribution in [0.3, 0.4) is 0 Å². The molecule has 2 rings (SSSR count). The molecule has 8 nitrogen and oxygen atoms in total. The monoisotopic (exact) mass is 379 g/mol. The summed E-state index contributed by atoms with van der Waals surface area (Å²) in [7, 11) is 0. The Kier molecular flexibility index (Phi) is 6.75. The van der Waals surface area contributed by atoms with Crippen molar-refractivity contribution >= 4 is 23.5 Å². The fourth-order valence-corrected chi connectivity index (χ4v) is 1.96. The van der Waals surface area contributed by atoms with Crippen LogP contribution in [0.2, 0.25) is 0 Å². The molecule has 142 valence electrons. The van der Waals surface area contributed by atoms with Crippen molar-refractivity contribution in [2.24, 2.45) is 5.16 Å². The van der Waals surface area contributed by atoms with E-state index in [0.29, 0.717) is 0 Å². The Morgan fingerprint density at radius 1 is 1.26 bits per heavy atom. The Morgan fingerprint density at radius 2 is 2.00 bits per heavy atom. The van der Waals surface area contributed by atoms with E-state index in [2.05, 4.69) is 15.2 Å². The van der Waals surface area contributed by atoms with Gasteiger partial charge < -0.3 is 14.9 Å². The van der Waals surface area contributed by atoms with E-state index in [4.69, 9.17) is 4.84 Å². The zero-order valence-corrected chi connectivity index (χ0v) is 14.0. The fraction of sp³-hybridized carbons (Fsp3) is 0.176. The second-order valence-corrected chi connectivity index (χ2v) is 5.20. The number of nitrogens with zero attached hydrogens (tertiary/aromatic N) is 2. The van der Waals surface area contributed by atoms with Gasteiger partial charge >= 0.3 is 6.61 Å². The molecule has 0 aliphatic heterocycles. The van der Waals surface area contributed by atoms with E-state index >= 15 is 0 Å². The molecule has 0 aliphatic carbocycles. The van der Waals surface area contributed by atoms with Gasteiger partial charge in [0.25, 0.3) is 11.6 Å². The molecular formula is C17H15F2N3O5. The molecule has 0 saturated carbocycles. The second kappa shape index (κ2) is 9.22. The molecule has 0 radical (unpaired) electrons. The summed E-state index contributed by atoms with van der Waals surface area (Å²) in [5.74, 6) is -0.682. The number of oxime groups is 1. The maximum Gasteiger partial charge on any atom is 0.387 e. The molecule has 1 atom stereocenters. The van der Waals surface area contributed by atoms with Gasteiger partial charge in [0, 0.05) is 23.4 Å². The van der Waals surface area contributed by atoms with Crippen LogP contribution in [0.5, 0.6) is 5.75 Å². The van der Waals surface area contributed by atoms with Gasteiger partial charge in [-0.2, -0.15) is 8.78 Å². The molecule has 27 heavy (non-hydrogen) atoms. The van der Waals surface area contributed by atoms with Crippen LogP contribution in [-0.2, 0) is 9.63 Å². The number of anilines is 1. The maximum absolute atomic E-state index is 12.3. The predicted molar refractivity (Wildman–Crippen MR) is 92.9 cm³/mol. The summed E-state index contributed by atoms with van der Waals surface area (Å²) in [6, 6.07) is 11.3. The van der Waals surface area contributed by atoms with Crippen LogP contribution >= 0.6 is 0 Å². The van der Waals surface area contributed by atoms with Crippen LogP contribution < -0.4 is 10.1 Å². The molecular weight excluding hydrogens is 364 g/mol. The summed E-state index contributed by atoms with van der Waals surface area (Å²) in [5.41, 5.74) is 0.295. The molecule has 0 fully saturated rings. The summed E-state index contributed by atoms with van der Waals surface area (Å²) < 4.78 is 29.0. The number of halogens is 2. The Morgan fingerprint density at radius 3 is 2.70 bits per heavy atom. The van der Waals surface area contributed by atoms with Crippen molar-refractivity contribution in [3.8, 4) is 5.75 Å². The van der Waals surface area contributed by atoms with Crippen LogP contribution in [0.4, 0.5) is 20.2 Å². The molecule has 2 aromatic carbocycles. The number of benzene rings is 2. The van der Waals surface area contributed by atoms with E-state index in [1.807, 2.05) is 0 Å². The predicted octanol–water partition coefficient (Wildman–Crippen LogP) is 3.57. The van der Waals surface area contributed by atoms with Crippen molar-refractivity contribution in [2.75, 3.05) is 5.32 Å². The molecule has 1 amide bonds. The molecule has 1 N–H and O–H groups in total. The topological polar surface area (TPSA) is 103 Å². The minimum atomic E-state index is -2.99. The van der Waals surface area contributed by atoms with E-state index < -0.39 is 23.5 Å². The summed E-state index contributed by atoms with van der Waals surface area (Å²) in [5, 5.41) is 16.8. The van der Waals surface area contributed by atoms with Crippen molar-refractivity contribution in [3.63, 3.8) is 0 Å². The van der Waals surface area contributed by atoms with Gasteiger partial charge in [-0.15, -0.1) is 0 Å². The molecule has 1 unspecified atom stereocenters. The Labute approximate surface area is 152 Å². The summed E-state index contributed by atoms with van der Waals surface area (Å²) in [6.45, 7) is -1.58. The van der Waals surface area contributed by atoms with E-state index in [1.165, 1.54) is 49.4 Å². The lowest BCUT2D eigenvalue weighted by atomic mass is 10.2. The number of nitro groups is 1. The number of para-hydroxylation sites is 1. The fourth-order valence-electron chi connectivity index (χ4n) is 1.96. The highest BCUT2D eigenvalue weighted by molar-refractivity contribution is 5.94. The van der Waals surface area contributed by atoms with Gasteiger partial charge in [-0.3, -0.25) is 14.9 Å². The molecule has 10 heteroatoms. The van der Waals surface area contributed by atoms with Crippen LogP contribution in [0, 0.1) is 10.1 Å². The van der Waals surface area contributed by atoms with Crippen molar-refractivity contribution in [3.05, 3.63) is 64.2 Å². The van der Waals surface area contributed by atoms with Gasteiger partial charge in [0.1, 0.15) is 5.75 Å². The molecule has 0 bridgehead atoms. The number of non-ortho nitro benzene ring substituents is 1. The van der Waals surface area contributed by atoms with Crippen LogP contribution in [0.1, 0.15) is 12.5 Å². The van der Waals surface area contributed by atoms with E-state index in [9.17, 15) is 23.7 Å². The zero-order chi connectivity index (χ0) is 19.8. The van der Waals surface area contributed by atoms with E-state index in [0.717, 1.165) is 6.21 Å². The van der Waals surface area contributed by atoms with Crippen molar-refractivity contribution in [1.82, 2.24) is 0 Å². The van der Waals surface area contributed by atoms with Crippen molar-refractivity contribution in [1.29, 1.82) is 0 Å². The largest absolute Gasteiger partial charge is 0.434 e. The van der Waals surface area contributed by atoms with Crippen molar-refractivity contribution in [2.45, 2.75) is 19.6 Å². The highest BCUT2D eigenvalue weighted by atomic mass is 19.3. The minimum absolute atomic E-state index is 0.0893. The third kappa shape index (κ3) is 6.03. The number of nitro benzene ring substituents is 1. The maximum atomic E-state index is 12.3. The molecule has 0 aliphatic rings. The minimum Gasteiger partial charge on any atom is -0.434 e. The second-order valence-electron chi connectivity index (χ2n) is 5.20. The number of amides is 1. The normalized spacial score (nSPS) is 12.0. The standard InChI is InChI=1S/C17H15F2N3O5/c1-11(16(23)21-13-6-4-7-14(9-13)22(24)25)27-20-10-12-5-2-3-8-15(12)26-17(18)19/h2-11,17H,1H3,(H,21,23)/b20-10+. The molecule has 2 aromatic rings. The molecule has 0 saturated heterocycles. The van der Waals surface area contributed by atoms with Crippen LogP contribution in [0.25, 0.3) is 0 Å². The lowest BCUT2D eigenvalue weighted by Crippen LogP contribution is -2.26. The Bertz CT molecular complexity index is 845. The third-order valence-electron chi connectivity index (χ3n) is 3.24. The molecule has 0 spiro atoms. The number of alkyl halides is 2. The molecule has 0 heterocycles. The first kappa shape index (κ1) is 19.8. The first-order chi connectivity index (χ1) is 12.9. The third-order valence-corrected chi connectivity index (χ3v) is 3.24. The zero-order valence-electron chi connectivity index (χ0n) is 14.0. The lowest BCUT2D eigenvalue weighted by molar-refractivity contribution is -0.384. The lowest BCUT2D eigenvalue weighted by Gasteiger charge is -2.11. The van der Waals surface area contributed by atoms with E-state index in [-0.39, 0.29) is 22.7 Å². The number of hydrogen-bond donors (Lipinski definition) is 1. The summed E-state index contributed by atoms with van der Waals surface area (Å²) in [4.78, 5) is 27.2. The average Bonchev–Trinajstić information content (AvgIpc) is 2.62. The van der Waals surface area contributed by atoms with Gasteiger partial charge in [-0.05, 0) is 25.1 Å². The van der Waals surface area contributed by atoms with E-state index in [1.54, 1.807) is 6.07 Å². The highest BCUT2D eigenvalue weighted by Gasteiger charge is 2.16. The SMILES string of the molecule is CC(O/N=C/c1ccccc1OC(F)F)C(=O)Nc1cccc([N+](=O)[O-])c1. The number of nitrogens with one attached hydrogen (secondary N) is 1. The van der Waals surface area contributed by atoms with Crippen LogP contribution in [-0.4, -0.2) is 29.8 Å². The van der Waals surface area contributed by atoms with Crippen molar-refractivity contribution < 1.29 is 28.1 Å². The Hall–Kier alpha value is -3.56. The quantitative estimate of drug-likeness (QED) is 0.429. The van der Waals surface area contributed by atoms with Crippen LogP contribution in [0.15, 0.2) is 53.7 Å².